The molecule has 3 aliphatic rings. The minimum absolute atomic E-state index is 0.0234. The molecule has 0 bridgehead atoms. The van der Waals surface area contributed by atoms with E-state index in [4.69, 9.17) is 0 Å². The fraction of sp³-hybridized carbons (Fsp3) is 0.588. The number of hydrogen-bond acceptors (Lipinski definition) is 2. The van der Waals surface area contributed by atoms with Gasteiger partial charge in [-0.05, 0) is 43.2 Å². The first-order valence-electron chi connectivity index (χ1n) is 7.96. The van der Waals surface area contributed by atoms with Gasteiger partial charge in [0.05, 0.1) is 5.69 Å². The van der Waals surface area contributed by atoms with Crippen molar-refractivity contribution < 1.29 is 9.18 Å². The molecule has 2 saturated carbocycles. The van der Waals surface area contributed by atoms with E-state index in [0.29, 0.717) is 30.1 Å². The van der Waals surface area contributed by atoms with E-state index in [1.165, 1.54) is 38.2 Å². The molecule has 2 aliphatic carbocycles. The highest BCUT2D eigenvalue weighted by atomic mass is 19.1. The molecule has 1 atom stereocenters. The lowest BCUT2D eigenvalue weighted by molar-refractivity contribution is -0.117. The number of carbonyl (C=O) groups excluding carboxylic acids is 1. The van der Waals surface area contributed by atoms with Crippen molar-refractivity contribution in [2.75, 3.05) is 11.4 Å². The van der Waals surface area contributed by atoms with E-state index in [0.717, 1.165) is 0 Å². The summed E-state index contributed by atoms with van der Waals surface area (Å²) in [6.45, 7) is 0.587. The average molecular weight is 288 g/mol. The molecule has 4 heteroatoms. The first-order chi connectivity index (χ1) is 10.2. The topological polar surface area (TPSA) is 32.3 Å². The van der Waals surface area contributed by atoms with Crippen LogP contribution in [-0.2, 0) is 4.79 Å². The van der Waals surface area contributed by atoms with Crippen LogP contribution in [0.15, 0.2) is 24.3 Å². The standard InChI is InChI=1S/C17H21FN2O/c18-14-4-1-2-5-15(14)20-11-12(8-16(20)21)19-13-9-17(10-13)6-3-7-17/h1-2,4-5,12-13,19H,3,6-11H2. The summed E-state index contributed by atoms with van der Waals surface area (Å²) in [5, 5.41) is 3.60. The number of carbonyl (C=O) groups is 1. The van der Waals surface area contributed by atoms with Gasteiger partial charge in [-0.3, -0.25) is 4.79 Å². The van der Waals surface area contributed by atoms with E-state index >= 15 is 0 Å². The van der Waals surface area contributed by atoms with Gasteiger partial charge in [0, 0.05) is 25.0 Å². The fourth-order valence-electron chi connectivity index (χ4n) is 4.24. The van der Waals surface area contributed by atoms with Crippen LogP contribution in [0.2, 0.25) is 0 Å². The van der Waals surface area contributed by atoms with Gasteiger partial charge in [-0.1, -0.05) is 18.6 Å². The Balaban J connectivity index is 1.37. The maximum Gasteiger partial charge on any atom is 0.228 e. The molecule has 1 saturated heterocycles. The second kappa shape index (κ2) is 4.80. The summed E-state index contributed by atoms with van der Waals surface area (Å²) < 4.78 is 13.8. The molecular weight excluding hydrogens is 267 g/mol. The Morgan fingerprint density at radius 3 is 2.62 bits per heavy atom. The SMILES string of the molecule is O=C1CC(NC2CC3(CCC3)C2)CN1c1ccccc1F. The van der Waals surface area contributed by atoms with Crippen LogP contribution < -0.4 is 10.2 Å². The van der Waals surface area contributed by atoms with E-state index in [-0.39, 0.29) is 17.8 Å². The molecule has 3 nitrogen and oxygen atoms in total. The van der Waals surface area contributed by atoms with Crippen molar-refractivity contribution >= 4 is 11.6 Å². The molecule has 1 unspecified atom stereocenters. The Morgan fingerprint density at radius 2 is 1.95 bits per heavy atom. The molecule has 1 spiro atoms. The van der Waals surface area contributed by atoms with E-state index < -0.39 is 0 Å². The maximum atomic E-state index is 13.8. The van der Waals surface area contributed by atoms with Crippen molar-refractivity contribution in [1.29, 1.82) is 0 Å². The summed E-state index contributed by atoms with van der Waals surface area (Å²) in [5.74, 6) is -0.293. The predicted octanol–water partition coefficient (Wildman–Crippen LogP) is 2.85. The van der Waals surface area contributed by atoms with Crippen LogP contribution in [0.25, 0.3) is 0 Å². The zero-order valence-corrected chi connectivity index (χ0v) is 12.1. The summed E-state index contributed by atoms with van der Waals surface area (Å²) in [7, 11) is 0. The summed E-state index contributed by atoms with van der Waals surface area (Å²) in [5.41, 5.74) is 1.06. The second-order valence-corrected chi connectivity index (χ2v) is 6.98. The average Bonchev–Trinajstić information content (AvgIpc) is 2.72. The molecule has 1 aromatic carbocycles. The highest BCUT2D eigenvalue weighted by molar-refractivity contribution is 5.96. The zero-order chi connectivity index (χ0) is 14.4. The normalized spacial score (nSPS) is 27.8. The Morgan fingerprint density at radius 1 is 1.19 bits per heavy atom. The van der Waals surface area contributed by atoms with Gasteiger partial charge in [0.1, 0.15) is 5.82 Å². The lowest BCUT2D eigenvalue weighted by Gasteiger charge is -2.55. The fourth-order valence-corrected chi connectivity index (χ4v) is 4.24. The lowest BCUT2D eigenvalue weighted by atomic mass is 9.54. The number of nitrogens with one attached hydrogen (secondary N) is 1. The summed E-state index contributed by atoms with van der Waals surface area (Å²) in [6.07, 6.45) is 7.16. The number of para-hydroxylation sites is 1. The van der Waals surface area contributed by atoms with Crippen LogP contribution in [0.4, 0.5) is 10.1 Å². The van der Waals surface area contributed by atoms with Gasteiger partial charge < -0.3 is 10.2 Å². The molecule has 4 rings (SSSR count). The van der Waals surface area contributed by atoms with E-state index in [1.807, 2.05) is 0 Å². The predicted molar refractivity (Wildman–Crippen MR) is 79.6 cm³/mol. The first kappa shape index (κ1) is 13.3. The molecule has 0 radical (unpaired) electrons. The van der Waals surface area contributed by atoms with Crippen molar-refractivity contribution in [2.24, 2.45) is 5.41 Å². The van der Waals surface area contributed by atoms with E-state index in [2.05, 4.69) is 5.32 Å². The number of halogens is 1. The number of hydrogen-bond donors (Lipinski definition) is 1. The van der Waals surface area contributed by atoms with Gasteiger partial charge in [0.2, 0.25) is 5.91 Å². The van der Waals surface area contributed by atoms with E-state index in [1.54, 1.807) is 23.1 Å². The molecule has 1 amide bonds. The minimum atomic E-state index is -0.316. The van der Waals surface area contributed by atoms with Crippen LogP contribution in [0.3, 0.4) is 0 Å². The van der Waals surface area contributed by atoms with Crippen LogP contribution in [0, 0.1) is 11.2 Å². The van der Waals surface area contributed by atoms with Gasteiger partial charge in [0.25, 0.3) is 0 Å². The second-order valence-electron chi connectivity index (χ2n) is 6.98. The molecule has 1 N–H and O–H groups in total. The third-order valence-corrected chi connectivity index (χ3v) is 5.51. The molecule has 0 aromatic heterocycles. The van der Waals surface area contributed by atoms with Crippen molar-refractivity contribution in [3.63, 3.8) is 0 Å². The molecule has 112 valence electrons. The van der Waals surface area contributed by atoms with Gasteiger partial charge in [-0.25, -0.2) is 4.39 Å². The summed E-state index contributed by atoms with van der Waals surface area (Å²) in [6, 6.07) is 7.25. The van der Waals surface area contributed by atoms with Crippen LogP contribution in [-0.4, -0.2) is 24.5 Å². The molecular formula is C17H21FN2O. The monoisotopic (exact) mass is 288 g/mol. The Kier molecular flexibility index (Phi) is 3.03. The molecule has 1 aromatic rings. The molecule has 1 aliphatic heterocycles. The quantitative estimate of drug-likeness (QED) is 0.927. The largest absolute Gasteiger partial charge is 0.309 e. The van der Waals surface area contributed by atoms with Crippen molar-refractivity contribution in [3.8, 4) is 0 Å². The number of rotatable bonds is 3. The Bertz CT molecular complexity index is 562. The lowest BCUT2D eigenvalue weighted by Crippen LogP contribution is -2.55. The highest BCUT2D eigenvalue weighted by Gasteiger charge is 2.48. The summed E-state index contributed by atoms with van der Waals surface area (Å²) >= 11 is 0. The molecule has 3 fully saturated rings. The summed E-state index contributed by atoms with van der Waals surface area (Å²) in [4.78, 5) is 13.7. The van der Waals surface area contributed by atoms with Crippen LogP contribution in [0.1, 0.15) is 38.5 Å². The van der Waals surface area contributed by atoms with Crippen molar-refractivity contribution in [3.05, 3.63) is 30.1 Å². The van der Waals surface area contributed by atoms with Gasteiger partial charge >= 0.3 is 0 Å². The molecule has 21 heavy (non-hydrogen) atoms. The van der Waals surface area contributed by atoms with Gasteiger partial charge in [-0.15, -0.1) is 0 Å². The number of amides is 1. The maximum absolute atomic E-state index is 13.8. The van der Waals surface area contributed by atoms with Crippen LogP contribution in [0.5, 0.6) is 0 Å². The van der Waals surface area contributed by atoms with Gasteiger partial charge in [0.15, 0.2) is 0 Å². The number of benzene rings is 1. The Hall–Kier alpha value is -1.42. The zero-order valence-electron chi connectivity index (χ0n) is 12.1. The van der Waals surface area contributed by atoms with Crippen molar-refractivity contribution in [1.82, 2.24) is 5.32 Å². The highest BCUT2D eigenvalue weighted by Crippen LogP contribution is 2.55. The number of anilines is 1. The third-order valence-electron chi connectivity index (χ3n) is 5.51. The Labute approximate surface area is 124 Å². The number of nitrogens with zero attached hydrogens (tertiary/aromatic N) is 1. The van der Waals surface area contributed by atoms with Crippen LogP contribution >= 0.6 is 0 Å². The van der Waals surface area contributed by atoms with E-state index in [9.17, 15) is 9.18 Å². The first-order valence-corrected chi connectivity index (χ1v) is 7.96. The third kappa shape index (κ3) is 2.26. The van der Waals surface area contributed by atoms with Gasteiger partial charge in [-0.2, -0.15) is 0 Å². The minimum Gasteiger partial charge on any atom is -0.309 e. The van der Waals surface area contributed by atoms with Crippen molar-refractivity contribution in [2.45, 2.75) is 50.6 Å². The smallest absolute Gasteiger partial charge is 0.228 e. The molecule has 1 heterocycles.